The van der Waals surface area contributed by atoms with Gasteiger partial charge >= 0.3 is 0 Å². The van der Waals surface area contributed by atoms with Crippen LogP contribution in [0.25, 0.3) is 10.9 Å². The van der Waals surface area contributed by atoms with Gasteiger partial charge < -0.3 is 9.64 Å². The van der Waals surface area contributed by atoms with Crippen LogP contribution in [0.15, 0.2) is 24.3 Å². The maximum absolute atomic E-state index is 11.4. The third kappa shape index (κ3) is 2.71. The summed E-state index contributed by atoms with van der Waals surface area (Å²) in [5, 5.41) is 0.948. The van der Waals surface area contributed by atoms with Crippen molar-refractivity contribution in [2.24, 2.45) is 0 Å². The predicted molar refractivity (Wildman–Crippen MR) is 84.4 cm³/mol. The summed E-state index contributed by atoms with van der Waals surface area (Å²) in [7, 11) is 0. The SMILES string of the molecule is CCOc1cccc2cc(C=O)c(N3CCCCC3)nc12. The zero-order chi connectivity index (χ0) is 14.7. The molecule has 110 valence electrons. The highest BCUT2D eigenvalue weighted by atomic mass is 16.5. The Balaban J connectivity index is 2.12. The number of carbonyl (C=O) groups excluding carboxylic acids is 1. The summed E-state index contributed by atoms with van der Waals surface area (Å²) in [6.45, 7) is 4.51. The van der Waals surface area contributed by atoms with Crippen LogP contribution in [-0.2, 0) is 0 Å². The van der Waals surface area contributed by atoms with Crippen molar-refractivity contribution in [2.45, 2.75) is 26.2 Å². The van der Waals surface area contributed by atoms with E-state index in [9.17, 15) is 4.79 Å². The minimum atomic E-state index is 0.606. The zero-order valence-electron chi connectivity index (χ0n) is 12.3. The van der Waals surface area contributed by atoms with Gasteiger partial charge in [-0.2, -0.15) is 0 Å². The summed E-state index contributed by atoms with van der Waals surface area (Å²) in [5.41, 5.74) is 1.50. The van der Waals surface area contributed by atoms with Gasteiger partial charge in [-0.1, -0.05) is 12.1 Å². The van der Waals surface area contributed by atoms with E-state index in [-0.39, 0.29) is 0 Å². The minimum absolute atomic E-state index is 0.606. The van der Waals surface area contributed by atoms with Crippen LogP contribution in [0.4, 0.5) is 5.82 Å². The molecule has 0 unspecified atom stereocenters. The van der Waals surface area contributed by atoms with Gasteiger partial charge in [0.2, 0.25) is 0 Å². The molecule has 1 aliphatic heterocycles. The van der Waals surface area contributed by atoms with Gasteiger partial charge in [0, 0.05) is 18.5 Å². The summed E-state index contributed by atoms with van der Waals surface area (Å²) in [6, 6.07) is 7.75. The van der Waals surface area contributed by atoms with E-state index >= 15 is 0 Å². The van der Waals surface area contributed by atoms with Crippen molar-refractivity contribution in [1.29, 1.82) is 0 Å². The van der Waals surface area contributed by atoms with Gasteiger partial charge in [-0.25, -0.2) is 4.98 Å². The number of carbonyl (C=O) groups is 1. The van der Waals surface area contributed by atoms with Crippen LogP contribution in [-0.4, -0.2) is 31.0 Å². The van der Waals surface area contributed by atoms with Crippen molar-refractivity contribution >= 4 is 23.0 Å². The third-order valence-corrected chi connectivity index (χ3v) is 3.90. The fourth-order valence-electron chi connectivity index (χ4n) is 2.90. The molecule has 2 aromatic rings. The Morgan fingerprint density at radius 3 is 2.81 bits per heavy atom. The smallest absolute Gasteiger partial charge is 0.153 e. The van der Waals surface area contributed by atoms with Crippen molar-refractivity contribution in [3.63, 3.8) is 0 Å². The van der Waals surface area contributed by atoms with E-state index in [4.69, 9.17) is 9.72 Å². The second kappa shape index (κ2) is 6.12. The van der Waals surface area contributed by atoms with Crippen LogP contribution in [0.1, 0.15) is 36.5 Å². The number of para-hydroxylation sites is 1. The Morgan fingerprint density at radius 2 is 2.10 bits per heavy atom. The number of fused-ring (bicyclic) bond motifs is 1. The lowest BCUT2D eigenvalue weighted by molar-refractivity contribution is 0.112. The van der Waals surface area contributed by atoms with Crippen LogP contribution in [0, 0.1) is 0 Å². The highest BCUT2D eigenvalue weighted by Crippen LogP contribution is 2.30. The monoisotopic (exact) mass is 284 g/mol. The van der Waals surface area contributed by atoms with E-state index in [1.165, 1.54) is 6.42 Å². The average molecular weight is 284 g/mol. The number of aromatic nitrogens is 1. The van der Waals surface area contributed by atoms with Crippen LogP contribution < -0.4 is 9.64 Å². The predicted octanol–water partition coefficient (Wildman–Crippen LogP) is 3.44. The molecule has 1 aromatic carbocycles. The van der Waals surface area contributed by atoms with E-state index in [0.29, 0.717) is 12.2 Å². The topological polar surface area (TPSA) is 42.4 Å². The summed E-state index contributed by atoms with van der Waals surface area (Å²) in [4.78, 5) is 18.4. The number of benzene rings is 1. The number of rotatable bonds is 4. The molecule has 0 saturated carbocycles. The molecule has 0 radical (unpaired) electrons. The molecule has 4 nitrogen and oxygen atoms in total. The first kappa shape index (κ1) is 13.9. The average Bonchev–Trinajstić information content (AvgIpc) is 2.55. The van der Waals surface area contributed by atoms with E-state index in [2.05, 4.69) is 4.90 Å². The van der Waals surface area contributed by atoms with Crippen LogP contribution in [0.2, 0.25) is 0 Å². The molecule has 1 aliphatic rings. The maximum Gasteiger partial charge on any atom is 0.153 e. The second-order valence-corrected chi connectivity index (χ2v) is 5.33. The number of aldehydes is 1. The number of hydrogen-bond acceptors (Lipinski definition) is 4. The number of anilines is 1. The first-order valence-corrected chi connectivity index (χ1v) is 7.60. The normalized spacial score (nSPS) is 15.2. The first-order valence-electron chi connectivity index (χ1n) is 7.60. The van der Waals surface area contributed by atoms with Crippen molar-refractivity contribution in [2.75, 3.05) is 24.6 Å². The van der Waals surface area contributed by atoms with Crippen LogP contribution in [0.3, 0.4) is 0 Å². The number of pyridine rings is 1. The first-order chi connectivity index (χ1) is 10.3. The number of piperidine rings is 1. The number of ether oxygens (including phenoxy) is 1. The van der Waals surface area contributed by atoms with Gasteiger partial charge in [0.1, 0.15) is 17.1 Å². The highest BCUT2D eigenvalue weighted by Gasteiger charge is 2.17. The molecule has 1 aromatic heterocycles. The molecule has 2 heterocycles. The molecular weight excluding hydrogens is 264 g/mol. The van der Waals surface area contributed by atoms with E-state index in [1.807, 2.05) is 31.2 Å². The highest BCUT2D eigenvalue weighted by molar-refractivity contribution is 5.94. The molecule has 0 atom stereocenters. The summed E-state index contributed by atoms with van der Waals surface area (Å²) in [6.07, 6.45) is 4.48. The van der Waals surface area contributed by atoms with Gasteiger partial charge in [-0.15, -0.1) is 0 Å². The van der Waals surface area contributed by atoms with Gasteiger partial charge in [-0.3, -0.25) is 4.79 Å². The Kier molecular flexibility index (Phi) is 4.04. The molecule has 0 spiro atoms. The molecule has 1 saturated heterocycles. The molecule has 0 bridgehead atoms. The molecule has 0 aliphatic carbocycles. The van der Waals surface area contributed by atoms with Gasteiger partial charge in [0.25, 0.3) is 0 Å². The lowest BCUT2D eigenvalue weighted by atomic mass is 10.1. The van der Waals surface area contributed by atoms with Crippen molar-refractivity contribution < 1.29 is 9.53 Å². The molecular formula is C17H20N2O2. The molecule has 3 rings (SSSR count). The lowest BCUT2D eigenvalue weighted by Gasteiger charge is -2.29. The van der Waals surface area contributed by atoms with E-state index in [1.54, 1.807) is 0 Å². The fourth-order valence-corrected chi connectivity index (χ4v) is 2.90. The fraction of sp³-hybridized carbons (Fsp3) is 0.412. The van der Waals surface area contributed by atoms with Crippen LogP contribution >= 0.6 is 0 Å². The maximum atomic E-state index is 11.4. The standard InChI is InChI=1S/C17H20N2O2/c1-2-21-15-8-6-7-13-11-14(12-20)17(18-16(13)15)19-9-4-3-5-10-19/h6-8,11-12H,2-5,9-10H2,1H3. The summed E-state index contributed by atoms with van der Waals surface area (Å²) < 4.78 is 5.67. The van der Waals surface area contributed by atoms with E-state index in [0.717, 1.165) is 54.7 Å². The Bertz CT molecular complexity index is 649. The Morgan fingerprint density at radius 1 is 1.29 bits per heavy atom. The quantitative estimate of drug-likeness (QED) is 0.807. The minimum Gasteiger partial charge on any atom is -0.492 e. The molecule has 0 N–H and O–H groups in total. The van der Waals surface area contributed by atoms with Gasteiger partial charge in [-0.05, 0) is 38.3 Å². The van der Waals surface area contributed by atoms with Crippen molar-refractivity contribution in [3.8, 4) is 5.75 Å². The van der Waals surface area contributed by atoms with Gasteiger partial charge in [0.05, 0.1) is 12.2 Å². The third-order valence-electron chi connectivity index (χ3n) is 3.90. The molecule has 4 heteroatoms. The number of nitrogens with zero attached hydrogens (tertiary/aromatic N) is 2. The Hall–Kier alpha value is -2.10. The van der Waals surface area contributed by atoms with E-state index < -0.39 is 0 Å². The van der Waals surface area contributed by atoms with Crippen molar-refractivity contribution in [1.82, 2.24) is 4.98 Å². The van der Waals surface area contributed by atoms with Gasteiger partial charge in [0.15, 0.2) is 6.29 Å². The number of hydrogen-bond donors (Lipinski definition) is 0. The molecule has 1 fully saturated rings. The summed E-state index contributed by atoms with van der Waals surface area (Å²) >= 11 is 0. The lowest BCUT2D eigenvalue weighted by Crippen LogP contribution is -2.31. The molecule has 0 amide bonds. The Labute approximate surface area is 124 Å². The summed E-state index contributed by atoms with van der Waals surface area (Å²) in [5.74, 6) is 1.58. The second-order valence-electron chi connectivity index (χ2n) is 5.33. The largest absolute Gasteiger partial charge is 0.492 e. The molecule has 21 heavy (non-hydrogen) atoms. The van der Waals surface area contributed by atoms with Crippen molar-refractivity contribution in [3.05, 3.63) is 29.8 Å². The zero-order valence-corrected chi connectivity index (χ0v) is 12.3. The van der Waals surface area contributed by atoms with Crippen LogP contribution in [0.5, 0.6) is 5.75 Å².